The largest absolute Gasteiger partial charge is 0.478 e. The highest BCUT2D eigenvalue weighted by atomic mass is 19.1. The van der Waals surface area contributed by atoms with E-state index >= 15 is 0 Å². The molecule has 86 valence electrons. The number of benzene rings is 1. The summed E-state index contributed by atoms with van der Waals surface area (Å²) in [6.45, 7) is 1.25. The van der Waals surface area contributed by atoms with Gasteiger partial charge in [0.05, 0.1) is 5.56 Å². The molecule has 0 amide bonds. The summed E-state index contributed by atoms with van der Waals surface area (Å²) < 4.78 is 27.2. The van der Waals surface area contributed by atoms with Gasteiger partial charge in [0.2, 0.25) is 0 Å². The zero-order chi connectivity index (χ0) is 11.7. The van der Waals surface area contributed by atoms with Crippen molar-refractivity contribution in [2.24, 2.45) is 0 Å². The van der Waals surface area contributed by atoms with Crippen LogP contribution in [-0.2, 0) is 0 Å². The van der Waals surface area contributed by atoms with Gasteiger partial charge in [0.15, 0.2) is 0 Å². The van der Waals surface area contributed by atoms with Crippen molar-refractivity contribution in [3.63, 3.8) is 0 Å². The molecule has 16 heavy (non-hydrogen) atoms. The minimum atomic E-state index is -1.33. The smallest absolute Gasteiger partial charge is 0.335 e. The predicted molar refractivity (Wildman–Crippen MR) is 53.5 cm³/mol. The molecule has 5 heteroatoms. The Labute approximate surface area is 91.1 Å². The van der Waals surface area contributed by atoms with E-state index in [1.165, 1.54) is 0 Å². The molecule has 0 spiro atoms. The van der Waals surface area contributed by atoms with E-state index in [9.17, 15) is 13.6 Å². The summed E-state index contributed by atoms with van der Waals surface area (Å²) in [5.41, 5.74) is -0.361. The summed E-state index contributed by atoms with van der Waals surface area (Å²) in [5.74, 6) is -3.08. The van der Waals surface area contributed by atoms with Crippen LogP contribution in [0, 0.1) is 11.6 Å². The van der Waals surface area contributed by atoms with Gasteiger partial charge in [-0.3, -0.25) is 0 Å². The predicted octanol–water partition coefficient (Wildman–Crippen LogP) is 1.74. The Morgan fingerprint density at radius 2 is 2.00 bits per heavy atom. The van der Waals surface area contributed by atoms with E-state index in [1.807, 2.05) is 0 Å². The molecule has 0 bridgehead atoms. The lowest BCUT2D eigenvalue weighted by Gasteiger charge is -2.11. The number of nitrogens with one attached hydrogen (secondary N) is 1. The minimum absolute atomic E-state index is 0.00463. The molecule has 0 aromatic heterocycles. The fourth-order valence-electron chi connectivity index (χ4n) is 2.00. The first-order chi connectivity index (χ1) is 7.59. The van der Waals surface area contributed by atoms with Crippen LogP contribution < -0.4 is 5.32 Å². The van der Waals surface area contributed by atoms with E-state index in [4.69, 9.17) is 5.11 Å². The van der Waals surface area contributed by atoms with Crippen LogP contribution in [0.1, 0.15) is 28.3 Å². The monoisotopic (exact) mass is 227 g/mol. The number of carbonyl (C=O) groups is 1. The average Bonchev–Trinajstić information content (AvgIpc) is 2.69. The fraction of sp³-hybridized carbons (Fsp3) is 0.364. The molecule has 1 atom stereocenters. The van der Waals surface area contributed by atoms with E-state index in [1.54, 1.807) is 0 Å². The molecule has 0 aliphatic carbocycles. The Balaban J connectivity index is 2.42. The van der Waals surface area contributed by atoms with E-state index in [2.05, 4.69) is 5.32 Å². The second-order valence-corrected chi connectivity index (χ2v) is 3.85. The highest BCUT2D eigenvalue weighted by molar-refractivity contribution is 5.87. The molecule has 1 aliphatic rings. The Morgan fingerprint density at radius 1 is 1.38 bits per heavy atom. The normalized spacial score (nSPS) is 20.0. The lowest BCUT2D eigenvalue weighted by atomic mass is 9.96. The highest BCUT2D eigenvalue weighted by Crippen LogP contribution is 2.28. The van der Waals surface area contributed by atoms with Crippen LogP contribution in [0.15, 0.2) is 12.1 Å². The van der Waals surface area contributed by atoms with Crippen molar-refractivity contribution in [1.82, 2.24) is 5.32 Å². The number of hydrogen-bond acceptors (Lipinski definition) is 2. The van der Waals surface area contributed by atoms with Crippen LogP contribution in [0.2, 0.25) is 0 Å². The Morgan fingerprint density at radius 3 is 2.44 bits per heavy atom. The minimum Gasteiger partial charge on any atom is -0.478 e. The van der Waals surface area contributed by atoms with Crippen molar-refractivity contribution >= 4 is 5.97 Å². The lowest BCUT2D eigenvalue weighted by Crippen LogP contribution is -2.11. The van der Waals surface area contributed by atoms with Crippen LogP contribution in [0.4, 0.5) is 8.78 Å². The van der Waals surface area contributed by atoms with Crippen LogP contribution in [0.5, 0.6) is 0 Å². The maximum Gasteiger partial charge on any atom is 0.335 e. The highest BCUT2D eigenvalue weighted by Gasteiger charge is 2.24. The first kappa shape index (κ1) is 11.0. The number of hydrogen-bond donors (Lipinski definition) is 2. The molecule has 0 saturated carbocycles. The van der Waals surface area contributed by atoms with Crippen molar-refractivity contribution in [1.29, 1.82) is 0 Å². The molecule has 1 aromatic rings. The Hall–Kier alpha value is -1.49. The molecule has 2 N–H and O–H groups in total. The third-order valence-corrected chi connectivity index (χ3v) is 2.79. The molecular weight excluding hydrogens is 216 g/mol. The molecule has 2 rings (SSSR count). The van der Waals surface area contributed by atoms with Crippen LogP contribution >= 0.6 is 0 Å². The average molecular weight is 227 g/mol. The van der Waals surface area contributed by atoms with Crippen LogP contribution in [-0.4, -0.2) is 24.2 Å². The van der Waals surface area contributed by atoms with Crippen molar-refractivity contribution < 1.29 is 18.7 Å². The first-order valence-corrected chi connectivity index (χ1v) is 5.02. The van der Waals surface area contributed by atoms with Gasteiger partial charge in [-0.1, -0.05) is 0 Å². The van der Waals surface area contributed by atoms with Gasteiger partial charge in [-0.25, -0.2) is 13.6 Å². The van der Waals surface area contributed by atoms with Gasteiger partial charge in [-0.15, -0.1) is 0 Å². The zero-order valence-electron chi connectivity index (χ0n) is 8.46. The van der Waals surface area contributed by atoms with Crippen molar-refractivity contribution in [3.8, 4) is 0 Å². The third kappa shape index (κ3) is 1.90. The van der Waals surface area contributed by atoms with Gasteiger partial charge >= 0.3 is 5.97 Å². The van der Waals surface area contributed by atoms with Crippen LogP contribution in [0.3, 0.4) is 0 Å². The van der Waals surface area contributed by atoms with Gasteiger partial charge < -0.3 is 10.4 Å². The quantitative estimate of drug-likeness (QED) is 0.809. The third-order valence-electron chi connectivity index (χ3n) is 2.79. The summed E-state index contributed by atoms with van der Waals surface area (Å²) in [6, 6.07) is 1.75. The molecule has 1 aliphatic heterocycles. The Bertz CT molecular complexity index is 405. The summed E-state index contributed by atoms with van der Waals surface area (Å²) in [4.78, 5) is 10.6. The summed E-state index contributed by atoms with van der Waals surface area (Å²) >= 11 is 0. The fourth-order valence-corrected chi connectivity index (χ4v) is 2.00. The molecular formula is C11H11F2NO2. The topological polar surface area (TPSA) is 49.3 Å². The zero-order valence-corrected chi connectivity index (χ0v) is 8.46. The number of rotatable bonds is 2. The van der Waals surface area contributed by atoms with Gasteiger partial charge in [-0.2, -0.15) is 0 Å². The van der Waals surface area contributed by atoms with Gasteiger partial charge in [0.1, 0.15) is 11.6 Å². The van der Waals surface area contributed by atoms with Gasteiger partial charge in [0.25, 0.3) is 0 Å². The lowest BCUT2D eigenvalue weighted by molar-refractivity contribution is 0.0695. The second-order valence-electron chi connectivity index (χ2n) is 3.85. The number of halogens is 2. The van der Waals surface area contributed by atoms with Gasteiger partial charge in [0, 0.05) is 18.0 Å². The maximum atomic E-state index is 13.6. The molecule has 1 saturated heterocycles. The van der Waals surface area contributed by atoms with Crippen molar-refractivity contribution in [2.45, 2.75) is 12.3 Å². The number of carboxylic acids is 1. The molecule has 1 heterocycles. The first-order valence-electron chi connectivity index (χ1n) is 5.02. The number of carboxylic acid groups (broad SMARTS) is 1. The maximum absolute atomic E-state index is 13.6. The standard InChI is InChI=1S/C11H11F2NO2/c12-8-3-7(11(15)16)4-9(13)10(8)6-1-2-14-5-6/h3-4,6,14H,1-2,5H2,(H,15,16). The van der Waals surface area contributed by atoms with Crippen LogP contribution in [0.25, 0.3) is 0 Å². The number of aromatic carboxylic acids is 1. The molecule has 0 radical (unpaired) electrons. The second kappa shape index (κ2) is 4.17. The van der Waals surface area contributed by atoms with E-state index in [0.717, 1.165) is 18.7 Å². The van der Waals surface area contributed by atoms with Crippen molar-refractivity contribution in [3.05, 3.63) is 34.9 Å². The summed E-state index contributed by atoms with van der Waals surface area (Å²) in [6.07, 6.45) is 0.667. The van der Waals surface area contributed by atoms with E-state index < -0.39 is 17.6 Å². The van der Waals surface area contributed by atoms with Gasteiger partial charge in [-0.05, 0) is 25.1 Å². The molecule has 1 fully saturated rings. The molecule has 1 unspecified atom stereocenters. The summed E-state index contributed by atoms with van der Waals surface area (Å²) in [7, 11) is 0. The Kier molecular flexibility index (Phi) is 2.87. The molecule has 3 nitrogen and oxygen atoms in total. The van der Waals surface area contributed by atoms with Crippen molar-refractivity contribution in [2.75, 3.05) is 13.1 Å². The van der Waals surface area contributed by atoms with E-state index in [-0.39, 0.29) is 17.0 Å². The molecule has 1 aromatic carbocycles. The SMILES string of the molecule is O=C(O)c1cc(F)c(C2CCNC2)c(F)c1. The summed E-state index contributed by atoms with van der Waals surface area (Å²) in [5, 5.41) is 11.7. The van der Waals surface area contributed by atoms with E-state index in [0.29, 0.717) is 13.0 Å².